The fourth-order valence-electron chi connectivity index (χ4n) is 1.54. The Kier molecular flexibility index (Phi) is 6.04. The molecule has 0 radical (unpaired) electrons. The summed E-state index contributed by atoms with van der Waals surface area (Å²) in [5.74, 6) is 0.613. The standard InChI is InChI=1S/C12H20N2O3S/c1-4-6-7-18(16)9-11-10(8-13-14(11)3)12(15)17-5-2/h8H,4-7,9H2,1-3H3. The molecule has 0 amide bonds. The SMILES string of the molecule is CCCCS(=O)Cc1c(C(=O)OCC)cnn1C. The van der Waals surface area contributed by atoms with Crippen molar-refractivity contribution in [3.05, 3.63) is 17.5 Å². The predicted molar refractivity (Wildman–Crippen MR) is 70.8 cm³/mol. The molecular weight excluding hydrogens is 252 g/mol. The average Bonchev–Trinajstić information content (AvgIpc) is 2.69. The monoisotopic (exact) mass is 272 g/mol. The van der Waals surface area contributed by atoms with Crippen LogP contribution in [-0.2, 0) is 28.3 Å². The van der Waals surface area contributed by atoms with Crippen molar-refractivity contribution in [3.63, 3.8) is 0 Å². The molecule has 6 heteroatoms. The Morgan fingerprint density at radius 2 is 2.22 bits per heavy atom. The van der Waals surface area contributed by atoms with Crippen LogP contribution in [0.1, 0.15) is 42.7 Å². The normalized spacial score (nSPS) is 12.4. The van der Waals surface area contributed by atoms with Crippen LogP contribution in [0.2, 0.25) is 0 Å². The third kappa shape index (κ3) is 3.94. The summed E-state index contributed by atoms with van der Waals surface area (Å²) in [6.45, 7) is 4.14. The van der Waals surface area contributed by atoms with E-state index in [1.54, 1.807) is 18.7 Å². The van der Waals surface area contributed by atoms with E-state index >= 15 is 0 Å². The van der Waals surface area contributed by atoms with Gasteiger partial charge in [0.05, 0.1) is 24.3 Å². The maximum absolute atomic E-state index is 11.9. The lowest BCUT2D eigenvalue weighted by atomic mass is 10.3. The number of esters is 1. The van der Waals surface area contributed by atoms with Crippen molar-refractivity contribution in [3.8, 4) is 0 Å². The first-order chi connectivity index (χ1) is 8.60. The number of aromatic nitrogens is 2. The molecule has 1 aromatic heterocycles. The molecule has 1 heterocycles. The molecule has 0 saturated carbocycles. The van der Waals surface area contributed by atoms with Gasteiger partial charge in [0.1, 0.15) is 5.56 Å². The van der Waals surface area contributed by atoms with Gasteiger partial charge in [0, 0.05) is 23.6 Å². The van der Waals surface area contributed by atoms with Crippen molar-refractivity contribution in [2.75, 3.05) is 12.4 Å². The number of rotatable bonds is 7. The first-order valence-electron chi connectivity index (χ1n) is 6.13. The summed E-state index contributed by atoms with van der Waals surface area (Å²) < 4.78 is 18.4. The van der Waals surface area contributed by atoms with E-state index in [-0.39, 0.29) is 0 Å². The van der Waals surface area contributed by atoms with Gasteiger partial charge >= 0.3 is 5.97 Å². The maximum atomic E-state index is 11.9. The second kappa shape index (κ2) is 7.31. The van der Waals surface area contributed by atoms with Gasteiger partial charge in [-0.15, -0.1) is 0 Å². The zero-order chi connectivity index (χ0) is 13.5. The van der Waals surface area contributed by atoms with Crippen molar-refractivity contribution in [2.45, 2.75) is 32.4 Å². The zero-order valence-electron chi connectivity index (χ0n) is 11.1. The minimum atomic E-state index is -0.959. The van der Waals surface area contributed by atoms with Crippen molar-refractivity contribution >= 4 is 16.8 Å². The van der Waals surface area contributed by atoms with Crippen LogP contribution >= 0.6 is 0 Å². The summed E-state index contributed by atoms with van der Waals surface area (Å²) in [5, 5.41) is 4.03. The predicted octanol–water partition coefficient (Wildman–Crippen LogP) is 1.65. The third-order valence-corrected chi connectivity index (χ3v) is 3.92. The second-order valence-electron chi connectivity index (χ2n) is 3.99. The zero-order valence-corrected chi connectivity index (χ0v) is 12.0. The number of unbranched alkanes of at least 4 members (excludes halogenated alkanes) is 1. The van der Waals surface area contributed by atoms with E-state index in [1.165, 1.54) is 6.20 Å². The largest absolute Gasteiger partial charge is 0.462 e. The van der Waals surface area contributed by atoms with Crippen molar-refractivity contribution in [1.82, 2.24) is 9.78 Å². The first kappa shape index (κ1) is 14.9. The highest BCUT2D eigenvalue weighted by atomic mass is 32.2. The van der Waals surface area contributed by atoms with Gasteiger partial charge in [-0.2, -0.15) is 5.10 Å². The summed E-state index contributed by atoms with van der Waals surface area (Å²) in [7, 11) is 0.786. The Labute approximate surface area is 110 Å². The second-order valence-corrected chi connectivity index (χ2v) is 5.57. The van der Waals surface area contributed by atoms with Crippen LogP contribution in [-0.4, -0.2) is 32.3 Å². The molecule has 1 rings (SSSR count). The van der Waals surface area contributed by atoms with E-state index in [9.17, 15) is 9.00 Å². The van der Waals surface area contributed by atoms with Crippen LogP contribution in [0.3, 0.4) is 0 Å². The highest BCUT2D eigenvalue weighted by molar-refractivity contribution is 7.84. The van der Waals surface area contributed by atoms with E-state index < -0.39 is 16.8 Å². The number of hydrogen-bond acceptors (Lipinski definition) is 4. The molecule has 0 aliphatic carbocycles. The molecule has 0 aromatic carbocycles. The highest BCUT2D eigenvalue weighted by Crippen LogP contribution is 2.12. The Bertz CT molecular complexity index is 429. The van der Waals surface area contributed by atoms with Gasteiger partial charge < -0.3 is 4.74 Å². The maximum Gasteiger partial charge on any atom is 0.341 e. The molecule has 0 fully saturated rings. The Balaban J connectivity index is 2.78. The van der Waals surface area contributed by atoms with Crippen LogP contribution in [0.5, 0.6) is 0 Å². The van der Waals surface area contributed by atoms with Gasteiger partial charge in [0.25, 0.3) is 0 Å². The number of hydrogen-bond donors (Lipinski definition) is 0. The lowest BCUT2D eigenvalue weighted by Crippen LogP contribution is -2.12. The lowest BCUT2D eigenvalue weighted by molar-refractivity contribution is 0.0525. The van der Waals surface area contributed by atoms with Gasteiger partial charge in [-0.25, -0.2) is 4.79 Å². The van der Waals surface area contributed by atoms with Crippen molar-refractivity contribution in [1.29, 1.82) is 0 Å². The Hall–Kier alpha value is -1.17. The van der Waals surface area contributed by atoms with E-state index in [0.29, 0.717) is 29.4 Å². The van der Waals surface area contributed by atoms with E-state index in [4.69, 9.17) is 4.74 Å². The molecule has 1 unspecified atom stereocenters. The van der Waals surface area contributed by atoms with Crippen LogP contribution in [0, 0.1) is 0 Å². The topological polar surface area (TPSA) is 61.2 Å². The molecule has 0 aliphatic heterocycles. The van der Waals surface area contributed by atoms with E-state index in [2.05, 4.69) is 12.0 Å². The van der Waals surface area contributed by atoms with Gasteiger partial charge in [0.15, 0.2) is 0 Å². The number of carbonyl (C=O) groups is 1. The molecule has 1 atom stereocenters. The van der Waals surface area contributed by atoms with Gasteiger partial charge in [0.2, 0.25) is 0 Å². The quantitative estimate of drug-likeness (QED) is 0.708. The summed E-state index contributed by atoms with van der Waals surface area (Å²) in [4.78, 5) is 11.7. The Morgan fingerprint density at radius 3 is 2.83 bits per heavy atom. The van der Waals surface area contributed by atoms with Gasteiger partial charge in [-0.1, -0.05) is 13.3 Å². The van der Waals surface area contributed by atoms with Crippen molar-refractivity contribution in [2.24, 2.45) is 7.05 Å². The molecule has 0 N–H and O–H groups in total. The number of carbonyl (C=O) groups excluding carboxylic acids is 1. The number of nitrogens with zero attached hydrogens (tertiary/aromatic N) is 2. The van der Waals surface area contributed by atoms with Gasteiger partial charge in [-0.3, -0.25) is 8.89 Å². The van der Waals surface area contributed by atoms with E-state index in [1.807, 2.05) is 0 Å². The molecule has 102 valence electrons. The minimum absolute atomic E-state index is 0.325. The molecule has 5 nitrogen and oxygen atoms in total. The molecule has 0 spiro atoms. The highest BCUT2D eigenvalue weighted by Gasteiger charge is 2.18. The summed E-state index contributed by atoms with van der Waals surface area (Å²) in [5.41, 5.74) is 1.10. The lowest BCUT2D eigenvalue weighted by Gasteiger charge is -2.06. The smallest absolute Gasteiger partial charge is 0.341 e. The summed E-state index contributed by atoms with van der Waals surface area (Å²) >= 11 is 0. The van der Waals surface area contributed by atoms with Crippen LogP contribution in [0.15, 0.2) is 6.20 Å². The minimum Gasteiger partial charge on any atom is -0.462 e. The average molecular weight is 272 g/mol. The fraction of sp³-hybridized carbons (Fsp3) is 0.667. The molecule has 1 aromatic rings. The van der Waals surface area contributed by atoms with E-state index in [0.717, 1.165) is 12.8 Å². The molecular formula is C12H20N2O3S. The van der Waals surface area contributed by atoms with Crippen LogP contribution in [0.25, 0.3) is 0 Å². The van der Waals surface area contributed by atoms with Crippen LogP contribution < -0.4 is 0 Å². The van der Waals surface area contributed by atoms with Crippen LogP contribution in [0.4, 0.5) is 0 Å². The molecule has 18 heavy (non-hydrogen) atoms. The molecule has 0 bridgehead atoms. The third-order valence-electron chi connectivity index (χ3n) is 2.58. The number of ether oxygens (including phenoxy) is 1. The van der Waals surface area contributed by atoms with Gasteiger partial charge in [-0.05, 0) is 13.3 Å². The fourth-order valence-corrected chi connectivity index (χ4v) is 2.95. The molecule has 0 saturated heterocycles. The van der Waals surface area contributed by atoms with Crippen molar-refractivity contribution < 1.29 is 13.7 Å². The summed E-state index contributed by atoms with van der Waals surface area (Å²) in [6, 6.07) is 0. The molecule has 0 aliphatic rings. The Morgan fingerprint density at radius 1 is 1.50 bits per heavy atom. The summed E-state index contributed by atoms with van der Waals surface area (Å²) in [6.07, 6.45) is 3.42. The first-order valence-corrected chi connectivity index (χ1v) is 7.61. The number of aryl methyl sites for hydroxylation is 1.